The number of nitrogens with one attached hydrogen (secondary N) is 1. The molecule has 0 aromatic heterocycles. The highest BCUT2D eigenvalue weighted by Gasteiger charge is 2.28. The zero-order valence-electron chi connectivity index (χ0n) is 11.8. The molecule has 2 aromatic rings. The third kappa shape index (κ3) is 3.39. The van der Waals surface area contributed by atoms with Crippen LogP contribution < -0.4 is 16.0 Å². The molecule has 3 N–H and O–H groups in total. The number of hydrazine groups is 1. The van der Waals surface area contributed by atoms with E-state index in [1.165, 1.54) is 14.7 Å². The monoisotopic (exact) mass is 394 g/mol. The van der Waals surface area contributed by atoms with Gasteiger partial charge in [0.1, 0.15) is 5.75 Å². The van der Waals surface area contributed by atoms with Crippen molar-refractivity contribution >= 4 is 22.6 Å². The van der Waals surface area contributed by atoms with E-state index in [9.17, 15) is 0 Å². The minimum Gasteiger partial charge on any atom is -0.493 e. The van der Waals surface area contributed by atoms with Crippen LogP contribution in [0.2, 0.25) is 0 Å². The predicted molar refractivity (Wildman–Crippen MR) is 93.3 cm³/mol. The third-order valence-corrected chi connectivity index (χ3v) is 4.79. The summed E-state index contributed by atoms with van der Waals surface area (Å²) >= 11 is 2.33. The van der Waals surface area contributed by atoms with E-state index >= 15 is 0 Å². The Morgan fingerprint density at radius 1 is 1.19 bits per heavy atom. The van der Waals surface area contributed by atoms with Gasteiger partial charge in [-0.05, 0) is 64.8 Å². The molecule has 1 aliphatic rings. The summed E-state index contributed by atoms with van der Waals surface area (Å²) in [6, 6.07) is 17.1. The molecular weight excluding hydrogens is 375 g/mol. The standard InChI is InChI=1S/C17H19IN2O/c18-13-7-5-12(6-8-13)11-16(20-19)14-9-10-21-17-4-2-1-3-15(14)17/h1-8,14,16,20H,9-11,19H2. The van der Waals surface area contributed by atoms with Gasteiger partial charge in [-0.3, -0.25) is 11.3 Å². The van der Waals surface area contributed by atoms with Gasteiger partial charge in [0.25, 0.3) is 0 Å². The first-order valence-corrected chi connectivity index (χ1v) is 8.28. The van der Waals surface area contributed by atoms with Crippen LogP contribution in [0.15, 0.2) is 48.5 Å². The Bertz CT molecular complexity index is 600. The summed E-state index contributed by atoms with van der Waals surface area (Å²) < 4.78 is 7.00. The maximum atomic E-state index is 5.85. The maximum absolute atomic E-state index is 5.85. The molecule has 2 unspecified atom stereocenters. The summed E-state index contributed by atoms with van der Waals surface area (Å²) in [5.41, 5.74) is 5.59. The highest BCUT2D eigenvalue weighted by molar-refractivity contribution is 14.1. The van der Waals surface area contributed by atoms with Crippen molar-refractivity contribution in [2.75, 3.05) is 6.61 Å². The number of hydrogen-bond acceptors (Lipinski definition) is 3. The molecule has 2 atom stereocenters. The van der Waals surface area contributed by atoms with E-state index in [-0.39, 0.29) is 6.04 Å². The summed E-state index contributed by atoms with van der Waals surface area (Å²) in [7, 11) is 0. The molecule has 0 amide bonds. The summed E-state index contributed by atoms with van der Waals surface area (Å²) in [5.74, 6) is 7.23. The molecular formula is C17H19IN2O. The van der Waals surface area contributed by atoms with E-state index in [4.69, 9.17) is 10.6 Å². The van der Waals surface area contributed by atoms with Crippen LogP contribution in [0.1, 0.15) is 23.5 Å². The van der Waals surface area contributed by atoms with Gasteiger partial charge in [0.2, 0.25) is 0 Å². The van der Waals surface area contributed by atoms with Crippen LogP contribution in [-0.4, -0.2) is 12.6 Å². The Kier molecular flexibility index (Phi) is 4.77. The van der Waals surface area contributed by atoms with E-state index in [2.05, 4.69) is 64.4 Å². The van der Waals surface area contributed by atoms with Crippen LogP contribution in [0.25, 0.3) is 0 Å². The predicted octanol–water partition coefficient (Wildman–Crippen LogP) is 3.23. The molecule has 1 heterocycles. The number of para-hydroxylation sites is 1. The molecule has 0 saturated carbocycles. The maximum Gasteiger partial charge on any atom is 0.122 e. The van der Waals surface area contributed by atoms with Crippen LogP contribution in [0.4, 0.5) is 0 Å². The van der Waals surface area contributed by atoms with Gasteiger partial charge in [-0.1, -0.05) is 30.3 Å². The number of ether oxygens (including phenoxy) is 1. The van der Waals surface area contributed by atoms with Crippen molar-refractivity contribution in [3.63, 3.8) is 0 Å². The number of halogens is 1. The highest BCUT2D eigenvalue weighted by Crippen LogP contribution is 2.36. The highest BCUT2D eigenvalue weighted by atomic mass is 127. The lowest BCUT2D eigenvalue weighted by Gasteiger charge is -2.32. The first-order chi connectivity index (χ1) is 10.3. The van der Waals surface area contributed by atoms with Crippen LogP contribution in [-0.2, 0) is 6.42 Å². The minimum atomic E-state index is 0.218. The molecule has 3 rings (SSSR count). The third-order valence-electron chi connectivity index (χ3n) is 4.07. The molecule has 0 bridgehead atoms. The first-order valence-electron chi connectivity index (χ1n) is 7.20. The Balaban J connectivity index is 1.82. The van der Waals surface area contributed by atoms with Gasteiger partial charge in [0.15, 0.2) is 0 Å². The Morgan fingerprint density at radius 3 is 2.71 bits per heavy atom. The molecule has 2 aromatic carbocycles. The number of fused-ring (bicyclic) bond motifs is 1. The molecule has 0 radical (unpaired) electrons. The topological polar surface area (TPSA) is 47.3 Å². The molecule has 1 aliphatic heterocycles. The number of hydrogen-bond donors (Lipinski definition) is 2. The molecule has 21 heavy (non-hydrogen) atoms. The van der Waals surface area contributed by atoms with Crippen molar-refractivity contribution in [2.45, 2.75) is 24.8 Å². The molecule has 0 saturated heterocycles. The van der Waals surface area contributed by atoms with Gasteiger partial charge in [-0.2, -0.15) is 0 Å². The van der Waals surface area contributed by atoms with Gasteiger partial charge >= 0.3 is 0 Å². The van der Waals surface area contributed by atoms with Gasteiger partial charge in [0.05, 0.1) is 6.61 Å². The SMILES string of the molecule is NNC(Cc1ccc(I)cc1)C1CCOc2ccccc21. The van der Waals surface area contributed by atoms with Crippen LogP contribution in [0.3, 0.4) is 0 Å². The van der Waals surface area contributed by atoms with Crippen molar-refractivity contribution in [1.29, 1.82) is 0 Å². The summed E-state index contributed by atoms with van der Waals surface area (Å²) in [6.07, 6.45) is 1.92. The summed E-state index contributed by atoms with van der Waals surface area (Å²) in [4.78, 5) is 0. The summed E-state index contributed by atoms with van der Waals surface area (Å²) in [6.45, 7) is 0.756. The fraction of sp³-hybridized carbons (Fsp3) is 0.294. The quantitative estimate of drug-likeness (QED) is 0.476. The Hall–Kier alpha value is -1.11. The van der Waals surface area contributed by atoms with Crippen molar-refractivity contribution in [3.8, 4) is 5.75 Å². The average molecular weight is 394 g/mol. The van der Waals surface area contributed by atoms with Gasteiger partial charge in [-0.25, -0.2) is 0 Å². The molecule has 0 spiro atoms. The molecule has 0 aliphatic carbocycles. The molecule has 4 heteroatoms. The Morgan fingerprint density at radius 2 is 1.95 bits per heavy atom. The average Bonchev–Trinajstić information content (AvgIpc) is 2.54. The largest absolute Gasteiger partial charge is 0.493 e. The Labute approximate surface area is 139 Å². The zero-order valence-corrected chi connectivity index (χ0v) is 13.9. The van der Waals surface area contributed by atoms with Gasteiger partial charge in [-0.15, -0.1) is 0 Å². The zero-order chi connectivity index (χ0) is 14.7. The van der Waals surface area contributed by atoms with Crippen LogP contribution >= 0.6 is 22.6 Å². The lowest BCUT2D eigenvalue weighted by atomic mass is 9.84. The first kappa shape index (κ1) is 14.8. The van der Waals surface area contributed by atoms with Crippen molar-refractivity contribution in [3.05, 3.63) is 63.2 Å². The van der Waals surface area contributed by atoms with Crippen LogP contribution in [0, 0.1) is 3.57 Å². The molecule has 0 fully saturated rings. The summed E-state index contributed by atoms with van der Waals surface area (Å²) in [5, 5.41) is 0. The fourth-order valence-electron chi connectivity index (χ4n) is 2.98. The number of nitrogens with two attached hydrogens (primary N) is 1. The molecule has 3 nitrogen and oxygen atoms in total. The van der Waals surface area contributed by atoms with Gasteiger partial charge in [0, 0.05) is 15.5 Å². The normalized spacial score (nSPS) is 18.7. The number of rotatable bonds is 4. The second kappa shape index (κ2) is 6.77. The van der Waals surface area contributed by atoms with Crippen molar-refractivity contribution in [2.24, 2.45) is 5.84 Å². The molecule has 110 valence electrons. The van der Waals surface area contributed by atoms with E-state index in [1.54, 1.807) is 0 Å². The van der Waals surface area contributed by atoms with E-state index in [0.29, 0.717) is 5.92 Å². The minimum absolute atomic E-state index is 0.218. The number of benzene rings is 2. The second-order valence-corrected chi connectivity index (χ2v) is 6.63. The van der Waals surface area contributed by atoms with E-state index in [0.717, 1.165) is 25.2 Å². The van der Waals surface area contributed by atoms with E-state index in [1.807, 2.05) is 12.1 Å². The van der Waals surface area contributed by atoms with Crippen molar-refractivity contribution in [1.82, 2.24) is 5.43 Å². The lowest BCUT2D eigenvalue weighted by Crippen LogP contribution is -2.42. The van der Waals surface area contributed by atoms with Crippen molar-refractivity contribution < 1.29 is 4.74 Å². The van der Waals surface area contributed by atoms with Gasteiger partial charge < -0.3 is 4.74 Å². The smallest absolute Gasteiger partial charge is 0.122 e. The van der Waals surface area contributed by atoms with E-state index < -0.39 is 0 Å². The van der Waals surface area contributed by atoms with Crippen LogP contribution in [0.5, 0.6) is 5.75 Å². The second-order valence-electron chi connectivity index (χ2n) is 5.39. The lowest BCUT2D eigenvalue weighted by molar-refractivity contribution is 0.245. The fourth-order valence-corrected chi connectivity index (χ4v) is 3.34.